The molecule has 6 nitrogen and oxygen atoms in total. The lowest BCUT2D eigenvalue weighted by Gasteiger charge is -2.31. The Kier molecular flexibility index (Phi) is 4.70. The number of hydrogen-bond acceptors (Lipinski definition) is 6. The number of aliphatic hydroxyl groups excluding tert-OH is 1. The fourth-order valence-corrected chi connectivity index (χ4v) is 3.63. The molecule has 25 heavy (non-hydrogen) atoms. The summed E-state index contributed by atoms with van der Waals surface area (Å²) in [6, 6.07) is 10.5. The van der Waals surface area contributed by atoms with Gasteiger partial charge in [0.15, 0.2) is 0 Å². The van der Waals surface area contributed by atoms with Gasteiger partial charge in [-0.05, 0) is 49.9 Å². The second-order valence-corrected chi connectivity index (χ2v) is 6.87. The minimum Gasteiger partial charge on any atom is -0.391 e. The van der Waals surface area contributed by atoms with Crippen molar-refractivity contribution in [2.45, 2.75) is 31.8 Å². The SMILES string of the molecule is OC1CCCN(c2cc(Nc3ccc(N4CCCC4)cc3)ncn2)C1. The van der Waals surface area contributed by atoms with Crippen LogP contribution in [0.2, 0.25) is 0 Å². The Morgan fingerprint density at radius 1 is 0.960 bits per heavy atom. The Balaban J connectivity index is 1.44. The Morgan fingerprint density at radius 3 is 2.48 bits per heavy atom. The molecule has 2 aliphatic rings. The number of β-amino-alcohol motifs (C(OH)–C–C–N with tert-alkyl or cyclic N) is 1. The van der Waals surface area contributed by atoms with E-state index < -0.39 is 0 Å². The van der Waals surface area contributed by atoms with E-state index in [1.54, 1.807) is 6.33 Å². The highest BCUT2D eigenvalue weighted by Gasteiger charge is 2.19. The van der Waals surface area contributed by atoms with E-state index in [1.165, 1.54) is 18.5 Å². The standard InChI is InChI=1S/C19H25N5O/c25-17-4-3-11-24(13-17)19-12-18(20-14-21-19)22-15-5-7-16(8-6-15)23-9-1-2-10-23/h5-8,12,14,17,25H,1-4,9-11,13H2,(H,20,21,22). The maximum Gasteiger partial charge on any atom is 0.135 e. The number of nitrogens with zero attached hydrogens (tertiary/aromatic N) is 4. The summed E-state index contributed by atoms with van der Waals surface area (Å²) in [6.45, 7) is 3.88. The first kappa shape index (κ1) is 16.1. The van der Waals surface area contributed by atoms with Crippen molar-refractivity contribution in [3.05, 3.63) is 36.7 Å². The molecule has 132 valence electrons. The molecule has 1 aromatic carbocycles. The van der Waals surface area contributed by atoms with E-state index in [-0.39, 0.29) is 6.10 Å². The molecule has 0 bridgehead atoms. The quantitative estimate of drug-likeness (QED) is 0.893. The fraction of sp³-hybridized carbons (Fsp3) is 0.474. The van der Waals surface area contributed by atoms with Crippen molar-refractivity contribution in [1.29, 1.82) is 0 Å². The van der Waals surface area contributed by atoms with Crippen molar-refractivity contribution in [2.75, 3.05) is 41.3 Å². The lowest BCUT2D eigenvalue weighted by atomic mass is 10.1. The summed E-state index contributed by atoms with van der Waals surface area (Å²) in [6.07, 6.45) is 5.75. The van der Waals surface area contributed by atoms with Crippen LogP contribution in [0.15, 0.2) is 36.7 Å². The molecule has 0 radical (unpaired) electrons. The topological polar surface area (TPSA) is 64.5 Å². The first-order valence-corrected chi connectivity index (χ1v) is 9.15. The van der Waals surface area contributed by atoms with Crippen molar-refractivity contribution < 1.29 is 5.11 Å². The number of piperidine rings is 1. The second-order valence-electron chi connectivity index (χ2n) is 6.87. The van der Waals surface area contributed by atoms with Crippen LogP contribution in [0.4, 0.5) is 23.0 Å². The van der Waals surface area contributed by atoms with E-state index in [4.69, 9.17) is 0 Å². The Bertz CT molecular complexity index is 699. The maximum absolute atomic E-state index is 9.86. The van der Waals surface area contributed by atoms with Crippen LogP contribution in [0.3, 0.4) is 0 Å². The first-order chi connectivity index (χ1) is 12.3. The largest absolute Gasteiger partial charge is 0.391 e. The highest BCUT2D eigenvalue weighted by Crippen LogP contribution is 2.25. The first-order valence-electron chi connectivity index (χ1n) is 9.15. The van der Waals surface area contributed by atoms with Crippen LogP contribution in [0.1, 0.15) is 25.7 Å². The third-order valence-corrected chi connectivity index (χ3v) is 4.98. The van der Waals surface area contributed by atoms with Crippen molar-refractivity contribution in [3.8, 4) is 0 Å². The summed E-state index contributed by atoms with van der Waals surface area (Å²) >= 11 is 0. The molecule has 2 saturated heterocycles. The average Bonchev–Trinajstić information content (AvgIpc) is 3.17. The van der Waals surface area contributed by atoms with Crippen LogP contribution in [-0.4, -0.2) is 47.4 Å². The predicted octanol–water partition coefficient (Wildman–Crippen LogP) is 2.78. The molecular formula is C19H25N5O. The number of aromatic nitrogens is 2. The van der Waals surface area contributed by atoms with Crippen molar-refractivity contribution >= 4 is 23.0 Å². The van der Waals surface area contributed by atoms with Gasteiger partial charge >= 0.3 is 0 Å². The van der Waals surface area contributed by atoms with E-state index in [0.29, 0.717) is 6.54 Å². The van der Waals surface area contributed by atoms with Crippen LogP contribution in [0.5, 0.6) is 0 Å². The maximum atomic E-state index is 9.86. The van der Waals surface area contributed by atoms with Crippen molar-refractivity contribution in [3.63, 3.8) is 0 Å². The minimum atomic E-state index is -0.266. The molecular weight excluding hydrogens is 314 g/mol. The minimum absolute atomic E-state index is 0.266. The molecule has 4 rings (SSSR count). The summed E-state index contributed by atoms with van der Waals surface area (Å²) < 4.78 is 0. The fourth-order valence-electron chi connectivity index (χ4n) is 3.63. The smallest absolute Gasteiger partial charge is 0.135 e. The third-order valence-electron chi connectivity index (χ3n) is 4.98. The lowest BCUT2D eigenvalue weighted by molar-refractivity contribution is 0.154. The highest BCUT2D eigenvalue weighted by atomic mass is 16.3. The van der Waals surface area contributed by atoms with Gasteiger partial charge < -0.3 is 20.2 Å². The molecule has 0 saturated carbocycles. The zero-order valence-electron chi connectivity index (χ0n) is 14.4. The van der Waals surface area contributed by atoms with Gasteiger partial charge in [0.2, 0.25) is 0 Å². The van der Waals surface area contributed by atoms with E-state index in [2.05, 4.69) is 49.4 Å². The van der Waals surface area contributed by atoms with E-state index in [1.807, 2.05) is 6.07 Å². The molecule has 0 aliphatic carbocycles. The normalized spacial score (nSPS) is 20.8. The van der Waals surface area contributed by atoms with Gasteiger partial charge in [-0.15, -0.1) is 0 Å². The zero-order chi connectivity index (χ0) is 17.1. The molecule has 1 atom stereocenters. The number of nitrogens with one attached hydrogen (secondary N) is 1. The number of anilines is 4. The van der Waals surface area contributed by atoms with Crippen LogP contribution in [0.25, 0.3) is 0 Å². The van der Waals surface area contributed by atoms with Crippen LogP contribution in [0, 0.1) is 0 Å². The Morgan fingerprint density at radius 2 is 1.72 bits per heavy atom. The number of benzene rings is 1. The molecule has 0 spiro atoms. The number of aliphatic hydroxyl groups is 1. The molecule has 2 fully saturated rings. The van der Waals surface area contributed by atoms with Gasteiger partial charge in [-0.3, -0.25) is 0 Å². The lowest BCUT2D eigenvalue weighted by Crippen LogP contribution is -2.38. The van der Waals surface area contributed by atoms with Gasteiger partial charge in [0, 0.05) is 43.6 Å². The van der Waals surface area contributed by atoms with Crippen LogP contribution >= 0.6 is 0 Å². The zero-order valence-corrected chi connectivity index (χ0v) is 14.4. The van der Waals surface area contributed by atoms with Gasteiger partial charge in [0.1, 0.15) is 18.0 Å². The number of hydrogen-bond donors (Lipinski definition) is 2. The summed E-state index contributed by atoms with van der Waals surface area (Å²) in [5.41, 5.74) is 2.31. The predicted molar refractivity (Wildman–Crippen MR) is 101 cm³/mol. The van der Waals surface area contributed by atoms with Crippen LogP contribution in [-0.2, 0) is 0 Å². The molecule has 2 N–H and O–H groups in total. The molecule has 2 aromatic rings. The summed E-state index contributed by atoms with van der Waals surface area (Å²) in [5.74, 6) is 1.64. The average molecular weight is 339 g/mol. The van der Waals surface area contributed by atoms with Gasteiger partial charge in [-0.25, -0.2) is 9.97 Å². The van der Waals surface area contributed by atoms with E-state index in [9.17, 15) is 5.11 Å². The van der Waals surface area contributed by atoms with Gasteiger partial charge in [-0.1, -0.05) is 0 Å². The molecule has 2 aliphatic heterocycles. The van der Waals surface area contributed by atoms with Gasteiger partial charge in [0.05, 0.1) is 6.10 Å². The Labute approximate surface area is 148 Å². The molecule has 1 aromatic heterocycles. The summed E-state index contributed by atoms with van der Waals surface area (Å²) in [7, 11) is 0. The molecule has 1 unspecified atom stereocenters. The molecule has 6 heteroatoms. The van der Waals surface area contributed by atoms with Crippen molar-refractivity contribution in [1.82, 2.24) is 9.97 Å². The van der Waals surface area contributed by atoms with Gasteiger partial charge in [0.25, 0.3) is 0 Å². The summed E-state index contributed by atoms with van der Waals surface area (Å²) in [4.78, 5) is 13.2. The highest BCUT2D eigenvalue weighted by molar-refractivity contribution is 5.62. The van der Waals surface area contributed by atoms with Crippen molar-refractivity contribution in [2.24, 2.45) is 0 Å². The number of rotatable bonds is 4. The van der Waals surface area contributed by atoms with E-state index in [0.717, 1.165) is 49.8 Å². The third kappa shape index (κ3) is 3.85. The van der Waals surface area contributed by atoms with Gasteiger partial charge in [-0.2, -0.15) is 0 Å². The van der Waals surface area contributed by atoms with E-state index >= 15 is 0 Å². The Hall–Kier alpha value is -2.34. The molecule has 3 heterocycles. The van der Waals surface area contributed by atoms with Crippen LogP contribution < -0.4 is 15.1 Å². The monoisotopic (exact) mass is 339 g/mol. The molecule has 0 amide bonds. The second kappa shape index (κ2) is 7.27. The summed E-state index contributed by atoms with van der Waals surface area (Å²) in [5, 5.41) is 13.2.